The maximum atomic E-state index is 12.6. The van der Waals surface area contributed by atoms with Gasteiger partial charge >= 0.3 is 6.18 Å². The highest BCUT2D eigenvalue weighted by molar-refractivity contribution is 5.54. The van der Waals surface area contributed by atoms with Crippen molar-refractivity contribution in [1.82, 2.24) is 30.3 Å². The number of rotatable bonds is 5. The standard InChI is InChI=1S/C17H11F3N6O2/c18-17(19,20)12-3-1-11(2-4-12)16-22-15(28-23-16)9-27-14-7-5-13(6-8-14)26-10-21-24-25-26/h1-8,10H,9H2. The molecule has 142 valence electrons. The first-order valence-corrected chi connectivity index (χ1v) is 7.95. The third-order valence-electron chi connectivity index (χ3n) is 3.75. The molecule has 11 heteroatoms. The minimum Gasteiger partial charge on any atom is -0.484 e. The monoisotopic (exact) mass is 388 g/mol. The van der Waals surface area contributed by atoms with Crippen LogP contribution in [0, 0.1) is 0 Å². The van der Waals surface area contributed by atoms with Crippen molar-refractivity contribution in [1.29, 1.82) is 0 Å². The Hall–Kier alpha value is -3.76. The van der Waals surface area contributed by atoms with Gasteiger partial charge in [-0.2, -0.15) is 18.2 Å². The van der Waals surface area contributed by atoms with Crippen LogP contribution in [0.15, 0.2) is 59.4 Å². The van der Waals surface area contributed by atoms with Crippen LogP contribution in [0.25, 0.3) is 17.1 Å². The number of hydrogen-bond donors (Lipinski definition) is 0. The fourth-order valence-electron chi connectivity index (χ4n) is 2.36. The van der Waals surface area contributed by atoms with Gasteiger partial charge in [0.2, 0.25) is 5.82 Å². The number of alkyl halides is 3. The number of nitrogens with zero attached hydrogens (tertiary/aromatic N) is 6. The van der Waals surface area contributed by atoms with Gasteiger partial charge in [0, 0.05) is 5.56 Å². The Kier molecular flexibility index (Phi) is 4.47. The molecule has 28 heavy (non-hydrogen) atoms. The summed E-state index contributed by atoms with van der Waals surface area (Å²) in [7, 11) is 0. The van der Waals surface area contributed by atoms with Gasteiger partial charge in [-0.3, -0.25) is 0 Å². The molecule has 0 N–H and O–H groups in total. The SMILES string of the molecule is FC(F)(F)c1ccc(-c2noc(COc3ccc(-n4cnnn4)cc3)n2)cc1. The van der Waals surface area contributed by atoms with Crippen molar-refractivity contribution in [3.8, 4) is 22.8 Å². The van der Waals surface area contributed by atoms with E-state index in [4.69, 9.17) is 9.26 Å². The van der Waals surface area contributed by atoms with E-state index in [2.05, 4.69) is 25.7 Å². The van der Waals surface area contributed by atoms with E-state index in [1.807, 2.05) is 0 Å². The van der Waals surface area contributed by atoms with Crippen LogP contribution in [0.1, 0.15) is 11.5 Å². The van der Waals surface area contributed by atoms with E-state index >= 15 is 0 Å². The lowest BCUT2D eigenvalue weighted by Crippen LogP contribution is -2.04. The smallest absolute Gasteiger partial charge is 0.416 e. The first-order valence-electron chi connectivity index (χ1n) is 7.95. The van der Waals surface area contributed by atoms with E-state index < -0.39 is 11.7 Å². The van der Waals surface area contributed by atoms with Gasteiger partial charge in [0.1, 0.15) is 12.1 Å². The molecule has 2 heterocycles. The minimum absolute atomic E-state index is 0.0118. The van der Waals surface area contributed by atoms with Crippen LogP contribution in [0.2, 0.25) is 0 Å². The normalized spacial score (nSPS) is 11.5. The Balaban J connectivity index is 1.40. The molecule has 4 rings (SSSR count). The molecular weight excluding hydrogens is 377 g/mol. The van der Waals surface area contributed by atoms with Crippen LogP contribution < -0.4 is 4.74 Å². The topological polar surface area (TPSA) is 91.8 Å². The molecule has 2 aromatic carbocycles. The molecule has 0 radical (unpaired) electrons. The number of hydrogen-bond acceptors (Lipinski definition) is 7. The number of benzene rings is 2. The first-order chi connectivity index (χ1) is 13.5. The van der Waals surface area contributed by atoms with Gasteiger partial charge in [0.25, 0.3) is 5.89 Å². The van der Waals surface area contributed by atoms with Gasteiger partial charge in [0.05, 0.1) is 11.3 Å². The zero-order valence-electron chi connectivity index (χ0n) is 14.0. The second-order valence-electron chi connectivity index (χ2n) is 5.62. The minimum atomic E-state index is -4.39. The molecule has 0 unspecified atom stereocenters. The molecule has 0 bridgehead atoms. The second-order valence-corrected chi connectivity index (χ2v) is 5.62. The quantitative estimate of drug-likeness (QED) is 0.518. The molecule has 0 atom stereocenters. The van der Waals surface area contributed by atoms with E-state index in [-0.39, 0.29) is 18.3 Å². The lowest BCUT2D eigenvalue weighted by molar-refractivity contribution is -0.137. The summed E-state index contributed by atoms with van der Waals surface area (Å²) in [4.78, 5) is 4.13. The summed E-state index contributed by atoms with van der Waals surface area (Å²) in [6.45, 7) is 0.0118. The van der Waals surface area contributed by atoms with Crippen molar-refractivity contribution in [2.45, 2.75) is 12.8 Å². The average Bonchev–Trinajstić information content (AvgIpc) is 3.38. The van der Waals surface area contributed by atoms with Crippen LogP contribution in [0.4, 0.5) is 13.2 Å². The molecule has 0 saturated carbocycles. The van der Waals surface area contributed by atoms with Crippen molar-refractivity contribution in [2.75, 3.05) is 0 Å². The molecule has 0 saturated heterocycles. The molecule has 4 aromatic rings. The van der Waals surface area contributed by atoms with E-state index in [0.717, 1.165) is 17.8 Å². The molecule has 0 spiro atoms. The van der Waals surface area contributed by atoms with Gasteiger partial charge in [0.15, 0.2) is 6.61 Å². The number of ether oxygens (including phenoxy) is 1. The highest BCUT2D eigenvalue weighted by Gasteiger charge is 2.30. The summed E-state index contributed by atoms with van der Waals surface area (Å²) in [6.07, 6.45) is -2.92. The van der Waals surface area contributed by atoms with Crippen molar-refractivity contribution in [2.24, 2.45) is 0 Å². The summed E-state index contributed by atoms with van der Waals surface area (Å²) in [6, 6.07) is 11.5. The van der Waals surface area contributed by atoms with Crippen LogP contribution in [0.5, 0.6) is 5.75 Å². The van der Waals surface area contributed by atoms with Gasteiger partial charge in [-0.15, -0.1) is 5.10 Å². The summed E-state index contributed by atoms with van der Waals surface area (Å²) in [5, 5.41) is 14.7. The molecule has 8 nitrogen and oxygen atoms in total. The number of aromatic nitrogens is 6. The van der Waals surface area contributed by atoms with Gasteiger partial charge in [-0.05, 0) is 46.8 Å². The van der Waals surface area contributed by atoms with Gasteiger partial charge in [-0.1, -0.05) is 17.3 Å². The van der Waals surface area contributed by atoms with Crippen molar-refractivity contribution < 1.29 is 22.4 Å². The zero-order valence-corrected chi connectivity index (χ0v) is 14.0. The largest absolute Gasteiger partial charge is 0.484 e. The fourth-order valence-corrected chi connectivity index (χ4v) is 2.36. The third kappa shape index (κ3) is 3.82. The fraction of sp³-hybridized carbons (Fsp3) is 0.118. The van der Waals surface area contributed by atoms with E-state index in [1.54, 1.807) is 24.3 Å². The average molecular weight is 388 g/mol. The van der Waals surface area contributed by atoms with Crippen LogP contribution in [-0.4, -0.2) is 30.3 Å². The Bertz CT molecular complexity index is 1040. The van der Waals surface area contributed by atoms with E-state index in [1.165, 1.54) is 23.1 Å². The number of halogens is 3. The predicted octanol–water partition coefficient (Wildman–Crippen LogP) is 3.31. The molecule has 0 amide bonds. The molecule has 0 aliphatic carbocycles. The zero-order chi connectivity index (χ0) is 19.6. The molecule has 0 aliphatic heterocycles. The van der Waals surface area contributed by atoms with Gasteiger partial charge < -0.3 is 9.26 Å². The highest BCUT2D eigenvalue weighted by atomic mass is 19.4. The van der Waals surface area contributed by atoms with Crippen molar-refractivity contribution in [3.63, 3.8) is 0 Å². The van der Waals surface area contributed by atoms with Crippen LogP contribution in [-0.2, 0) is 12.8 Å². The maximum Gasteiger partial charge on any atom is 0.416 e. The molecule has 0 aliphatic rings. The Morgan fingerprint density at radius 1 is 1.00 bits per heavy atom. The summed E-state index contributed by atoms with van der Waals surface area (Å²) < 4.78 is 50.0. The Morgan fingerprint density at radius 2 is 1.75 bits per heavy atom. The van der Waals surface area contributed by atoms with Gasteiger partial charge in [-0.25, -0.2) is 4.68 Å². The van der Waals surface area contributed by atoms with Crippen LogP contribution in [0.3, 0.4) is 0 Å². The summed E-state index contributed by atoms with van der Waals surface area (Å²) in [5.74, 6) is 0.937. The third-order valence-corrected chi connectivity index (χ3v) is 3.75. The predicted molar refractivity (Wildman–Crippen MR) is 88.2 cm³/mol. The lowest BCUT2D eigenvalue weighted by Gasteiger charge is -2.05. The maximum absolute atomic E-state index is 12.6. The first kappa shape index (κ1) is 17.6. The Morgan fingerprint density at radius 3 is 2.39 bits per heavy atom. The van der Waals surface area contributed by atoms with Crippen LogP contribution >= 0.6 is 0 Å². The van der Waals surface area contributed by atoms with Crippen molar-refractivity contribution in [3.05, 3.63) is 66.3 Å². The molecule has 2 aromatic heterocycles. The van der Waals surface area contributed by atoms with E-state index in [9.17, 15) is 13.2 Å². The summed E-state index contributed by atoms with van der Waals surface area (Å²) >= 11 is 0. The highest BCUT2D eigenvalue weighted by Crippen LogP contribution is 2.30. The van der Waals surface area contributed by atoms with Crippen molar-refractivity contribution >= 4 is 0 Å². The Labute approximate surface area is 155 Å². The molecular formula is C17H11F3N6O2. The summed E-state index contributed by atoms with van der Waals surface area (Å²) in [5.41, 5.74) is 0.432. The number of tetrazole rings is 1. The lowest BCUT2D eigenvalue weighted by atomic mass is 10.1. The van der Waals surface area contributed by atoms with E-state index in [0.29, 0.717) is 11.3 Å². The molecule has 0 fully saturated rings. The second kappa shape index (κ2) is 7.10.